The van der Waals surface area contributed by atoms with Crippen LogP contribution in [0, 0.1) is 5.41 Å². The molecule has 102 valence electrons. The van der Waals surface area contributed by atoms with Crippen molar-refractivity contribution in [3.05, 3.63) is 35.9 Å². The average molecular weight is 257 g/mol. The zero-order valence-corrected chi connectivity index (χ0v) is 11.7. The molecule has 2 aliphatic rings. The summed E-state index contributed by atoms with van der Waals surface area (Å²) in [6.07, 6.45) is 6.24. The molecule has 2 fully saturated rings. The van der Waals surface area contributed by atoms with Gasteiger partial charge < -0.3 is 10.6 Å². The van der Waals surface area contributed by atoms with Crippen molar-refractivity contribution < 1.29 is 0 Å². The summed E-state index contributed by atoms with van der Waals surface area (Å²) in [5, 5.41) is 0. The van der Waals surface area contributed by atoms with E-state index in [1.165, 1.54) is 31.2 Å². The van der Waals surface area contributed by atoms with E-state index < -0.39 is 0 Å². The molecule has 0 radical (unpaired) electrons. The van der Waals surface area contributed by atoms with Gasteiger partial charge in [-0.15, -0.1) is 0 Å². The maximum Gasteiger partial charge on any atom is 0.191 e. The number of hydrogen-bond acceptors (Lipinski definition) is 1. The van der Waals surface area contributed by atoms with Crippen LogP contribution in [0.1, 0.15) is 31.2 Å². The van der Waals surface area contributed by atoms with Crippen LogP contribution in [0.3, 0.4) is 0 Å². The molecule has 0 bridgehead atoms. The molecule has 2 aliphatic carbocycles. The molecule has 3 nitrogen and oxygen atoms in total. The number of nitrogens with two attached hydrogens (primary N) is 1. The minimum atomic E-state index is 0.385. The zero-order chi connectivity index (χ0) is 13.3. The zero-order valence-electron chi connectivity index (χ0n) is 11.7. The monoisotopic (exact) mass is 257 g/mol. The fourth-order valence-corrected chi connectivity index (χ4v) is 2.61. The molecule has 0 unspecified atom stereocenters. The van der Waals surface area contributed by atoms with Crippen LogP contribution in [0.25, 0.3) is 0 Å². The van der Waals surface area contributed by atoms with Gasteiger partial charge >= 0.3 is 0 Å². The highest BCUT2D eigenvalue weighted by Crippen LogP contribution is 2.48. The molecule has 0 aliphatic heterocycles. The van der Waals surface area contributed by atoms with E-state index in [1.807, 2.05) is 0 Å². The van der Waals surface area contributed by atoms with Crippen LogP contribution in [-0.2, 0) is 6.42 Å². The van der Waals surface area contributed by atoms with Gasteiger partial charge in [0, 0.05) is 19.6 Å². The van der Waals surface area contributed by atoms with Crippen molar-refractivity contribution in [1.82, 2.24) is 4.90 Å². The van der Waals surface area contributed by atoms with Crippen LogP contribution in [0.5, 0.6) is 0 Å². The van der Waals surface area contributed by atoms with E-state index in [4.69, 9.17) is 5.73 Å². The second-order valence-corrected chi connectivity index (χ2v) is 6.18. The molecule has 0 spiro atoms. The van der Waals surface area contributed by atoms with Crippen molar-refractivity contribution in [2.45, 2.75) is 38.1 Å². The minimum Gasteiger partial charge on any atom is -0.370 e. The number of rotatable bonds is 5. The molecule has 0 amide bonds. The first-order valence-electron chi connectivity index (χ1n) is 7.25. The Labute approximate surface area is 115 Å². The van der Waals surface area contributed by atoms with E-state index >= 15 is 0 Å². The van der Waals surface area contributed by atoms with Crippen LogP contribution in [0.15, 0.2) is 35.3 Å². The number of nitrogens with zero attached hydrogens (tertiary/aromatic N) is 2. The number of guanidine groups is 1. The smallest absolute Gasteiger partial charge is 0.191 e. The highest BCUT2D eigenvalue weighted by atomic mass is 15.3. The molecule has 0 aromatic heterocycles. The highest BCUT2D eigenvalue weighted by molar-refractivity contribution is 5.78. The van der Waals surface area contributed by atoms with E-state index in [0.29, 0.717) is 11.5 Å². The number of aliphatic imine (C=N–C) groups is 1. The molecule has 1 aromatic carbocycles. The third-order valence-electron chi connectivity index (χ3n) is 4.41. The van der Waals surface area contributed by atoms with E-state index in [0.717, 1.165) is 18.9 Å². The normalized spacial score (nSPS) is 21.2. The fraction of sp³-hybridized carbons (Fsp3) is 0.562. The number of benzene rings is 1. The SMILES string of the molecule is CN(C(N)=NCC1(Cc2ccccc2)CC1)C1CC1. The maximum absolute atomic E-state index is 6.06. The molecule has 1 aromatic rings. The summed E-state index contributed by atoms with van der Waals surface area (Å²) in [7, 11) is 2.06. The second-order valence-electron chi connectivity index (χ2n) is 6.18. The van der Waals surface area contributed by atoms with E-state index in [-0.39, 0.29) is 0 Å². The molecule has 3 heteroatoms. The molecule has 2 saturated carbocycles. The minimum absolute atomic E-state index is 0.385. The molecule has 3 rings (SSSR count). The fourth-order valence-electron chi connectivity index (χ4n) is 2.61. The van der Waals surface area contributed by atoms with E-state index in [1.54, 1.807) is 0 Å². The first-order valence-corrected chi connectivity index (χ1v) is 7.25. The van der Waals surface area contributed by atoms with Gasteiger partial charge in [-0.05, 0) is 43.1 Å². The quantitative estimate of drug-likeness (QED) is 0.650. The largest absolute Gasteiger partial charge is 0.370 e. The predicted octanol–water partition coefficient (Wildman–Crippen LogP) is 2.42. The van der Waals surface area contributed by atoms with Gasteiger partial charge in [-0.1, -0.05) is 30.3 Å². The van der Waals surface area contributed by atoms with Gasteiger partial charge in [0.2, 0.25) is 0 Å². The summed E-state index contributed by atoms with van der Waals surface area (Å²) in [6.45, 7) is 0.880. The molecule has 2 N–H and O–H groups in total. The summed E-state index contributed by atoms with van der Waals surface area (Å²) in [5.74, 6) is 0.724. The first-order chi connectivity index (χ1) is 9.19. The van der Waals surface area contributed by atoms with Gasteiger partial charge in [-0.3, -0.25) is 4.99 Å². The van der Waals surface area contributed by atoms with Crippen molar-refractivity contribution >= 4 is 5.96 Å². The van der Waals surface area contributed by atoms with Crippen molar-refractivity contribution in [2.75, 3.05) is 13.6 Å². The van der Waals surface area contributed by atoms with Crippen molar-refractivity contribution in [2.24, 2.45) is 16.1 Å². The lowest BCUT2D eigenvalue weighted by molar-refractivity contribution is 0.473. The lowest BCUT2D eigenvalue weighted by Gasteiger charge is -2.19. The summed E-state index contributed by atoms with van der Waals surface area (Å²) in [4.78, 5) is 6.77. The van der Waals surface area contributed by atoms with Gasteiger partial charge in [0.15, 0.2) is 5.96 Å². The summed E-state index contributed by atoms with van der Waals surface area (Å²) < 4.78 is 0. The Hall–Kier alpha value is -1.51. The van der Waals surface area contributed by atoms with Gasteiger partial charge in [0.25, 0.3) is 0 Å². The van der Waals surface area contributed by atoms with Crippen molar-refractivity contribution in [1.29, 1.82) is 0 Å². The molecule has 0 atom stereocenters. The standard InChI is InChI=1S/C16H23N3/c1-19(14-7-8-14)15(17)18-12-16(9-10-16)11-13-5-3-2-4-6-13/h2-6,14H,7-12H2,1H3,(H2,17,18). The molecular weight excluding hydrogens is 234 g/mol. The molecule has 0 heterocycles. The lowest BCUT2D eigenvalue weighted by atomic mass is 9.97. The Morgan fingerprint density at radius 3 is 2.58 bits per heavy atom. The van der Waals surface area contributed by atoms with Crippen molar-refractivity contribution in [3.63, 3.8) is 0 Å². The van der Waals surface area contributed by atoms with Crippen LogP contribution in [-0.4, -0.2) is 30.5 Å². The van der Waals surface area contributed by atoms with Crippen LogP contribution >= 0.6 is 0 Å². The summed E-state index contributed by atoms with van der Waals surface area (Å²) in [6, 6.07) is 11.4. The Morgan fingerprint density at radius 1 is 1.32 bits per heavy atom. The predicted molar refractivity (Wildman–Crippen MR) is 79.1 cm³/mol. The highest BCUT2D eigenvalue weighted by Gasteiger charge is 2.42. The number of hydrogen-bond donors (Lipinski definition) is 1. The molecule has 0 saturated heterocycles. The lowest BCUT2D eigenvalue weighted by Crippen LogP contribution is -2.36. The Bertz CT molecular complexity index is 458. The van der Waals surface area contributed by atoms with Gasteiger partial charge in [0.05, 0.1) is 0 Å². The van der Waals surface area contributed by atoms with Crippen molar-refractivity contribution in [3.8, 4) is 0 Å². The third-order valence-corrected chi connectivity index (χ3v) is 4.41. The second kappa shape index (κ2) is 4.87. The Balaban J connectivity index is 1.58. The van der Waals surface area contributed by atoms with Gasteiger partial charge in [-0.25, -0.2) is 0 Å². The molecule has 19 heavy (non-hydrogen) atoms. The topological polar surface area (TPSA) is 41.6 Å². The van der Waals surface area contributed by atoms with Crippen LogP contribution < -0.4 is 5.73 Å². The molecular formula is C16H23N3. The summed E-state index contributed by atoms with van der Waals surface area (Å²) in [5.41, 5.74) is 7.87. The average Bonchev–Trinajstić information content (AvgIpc) is 3.32. The Morgan fingerprint density at radius 2 is 2.00 bits per heavy atom. The van der Waals surface area contributed by atoms with E-state index in [2.05, 4.69) is 47.3 Å². The van der Waals surface area contributed by atoms with Gasteiger partial charge in [0.1, 0.15) is 0 Å². The van der Waals surface area contributed by atoms with Crippen LogP contribution in [0.4, 0.5) is 0 Å². The van der Waals surface area contributed by atoms with Gasteiger partial charge in [-0.2, -0.15) is 0 Å². The van der Waals surface area contributed by atoms with E-state index in [9.17, 15) is 0 Å². The third kappa shape index (κ3) is 3.09. The van der Waals surface area contributed by atoms with Crippen LogP contribution in [0.2, 0.25) is 0 Å². The summed E-state index contributed by atoms with van der Waals surface area (Å²) >= 11 is 0. The maximum atomic E-state index is 6.06. The first kappa shape index (κ1) is 12.5. The Kier molecular flexibility index (Phi) is 3.21.